The fourth-order valence-electron chi connectivity index (χ4n) is 2.58. The highest BCUT2D eigenvalue weighted by atomic mass is 15.3. The molecule has 3 heteroatoms. The van der Waals surface area contributed by atoms with Crippen LogP contribution in [0.25, 0.3) is 0 Å². The molecule has 0 saturated heterocycles. The fraction of sp³-hybridized carbons (Fsp3) is 0.333. The number of likely N-dealkylation sites (N-methyl/N-ethyl adjacent to an activating group) is 1. The van der Waals surface area contributed by atoms with Gasteiger partial charge >= 0.3 is 0 Å². The van der Waals surface area contributed by atoms with Gasteiger partial charge in [-0.05, 0) is 26.0 Å². The standard InChI is InChI=1S/C15H17N3/c1-10-8-13-14(9-11(10)2)18(3)15(17-13)12-4-6-16-7-5-12/h4-9,13-14H,1-3H3. The van der Waals surface area contributed by atoms with Crippen molar-refractivity contribution in [2.45, 2.75) is 25.9 Å². The molecule has 0 fully saturated rings. The Balaban J connectivity index is 1.99. The Morgan fingerprint density at radius 1 is 1.06 bits per heavy atom. The van der Waals surface area contributed by atoms with Gasteiger partial charge in [-0.25, -0.2) is 0 Å². The predicted octanol–water partition coefficient (Wildman–Crippen LogP) is 2.42. The Hall–Kier alpha value is -1.90. The minimum atomic E-state index is 0.252. The van der Waals surface area contributed by atoms with Gasteiger partial charge in [0.05, 0.1) is 12.1 Å². The third kappa shape index (κ3) is 1.67. The lowest BCUT2D eigenvalue weighted by Crippen LogP contribution is -2.36. The number of hydrogen-bond donors (Lipinski definition) is 0. The van der Waals surface area contributed by atoms with Crippen molar-refractivity contribution in [1.82, 2.24) is 9.88 Å². The van der Waals surface area contributed by atoms with Gasteiger partial charge in [-0.1, -0.05) is 23.3 Å². The smallest absolute Gasteiger partial charge is 0.132 e. The predicted molar refractivity (Wildman–Crippen MR) is 73.6 cm³/mol. The van der Waals surface area contributed by atoms with Crippen LogP contribution in [-0.4, -0.2) is 34.9 Å². The number of allylic oxidation sites excluding steroid dienone is 2. The lowest BCUT2D eigenvalue weighted by Gasteiger charge is -2.26. The van der Waals surface area contributed by atoms with Crippen LogP contribution in [0.1, 0.15) is 19.4 Å². The summed E-state index contributed by atoms with van der Waals surface area (Å²) in [5, 5.41) is 0. The van der Waals surface area contributed by atoms with E-state index in [0.717, 1.165) is 11.4 Å². The summed E-state index contributed by atoms with van der Waals surface area (Å²) in [6.07, 6.45) is 8.22. The van der Waals surface area contributed by atoms with Crippen LogP contribution in [0.4, 0.5) is 0 Å². The first-order chi connectivity index (χ1) is 8.66. The van der Waals surface area contributed by atoms with Gasteiger partial charge in [0.15, 0.2) is 0 Å². The molecule has 2 aliphatic rings. The number of aromatic nitrogens is 1. The average Bonchev–Trinajstić information content (AvgIpc) is 2.69. The molecule has 0 spiro atoms. The molecule has 1 aromatic rings. The molecule has 18 heavy (non-hydrogen) atoms. The van der Waals surface area contributed by atoms with Crippen LogP contribution in [0.2, 0.25) is 0 Å². The second-order valence-corrected chi connectivity index (χ2v) is 4.98. The van der Waals surface area contributed by atoms with E-state index in [1.807, 2.05) is 24.5 Å². The number of hydrogen-bond acceptors (Lipinski definition) is 3. The molecule has 0 amide bonds. The highest BCUT2D eigenvalue weighted by Crippen LogP contribution is 2.29. The van der Waals surface area contributed by atoms with Crippen molar-refractivity contribution >= 4 is 5.84 Å². The van der Waals surface area contributed by atoms with E-state index in [9.17, 15) is 0 Å². The highest BCUT2D eigenvalue weighted by molar-refractivity contribution is 6.00. The lowest BCUT2D eigenvalue weighted by atomic mass is 9.94. The molecule has 0 saturated carbocycles. The topological polar surface area (TPSA) is 28.5 Å². The molecular weight excluding hydrogens is 222 g/mol. The maximum absolute atomic E-state index is 4.84. The quantitative estimate of drug-likeness (QED) is 0.753. The zero-order valence-electron chi connectivity index (χ0n) is 11.0. The van der Waals surface area contributed by atoms with Crippen LogP contribution in [0, 0.1) is 0 Å². The molecule has 0 bridgehead atoms. The maximum atomic E-state index is 4.84. The zero-order chi connectivity index (χ0) is 12.7. The number of nitrogens with zero attached hydrogens (tertiary/aromatic N) is 3. The average molecular weight is 239 g/mol. The molecule has 0 N–H and O–H groups in total. The van der Waals surface area contributed by atoms with Crippen LogP contribution in [0.5, 0.6) is 0 Å². The lowest BCUT2D eigenvalue weighted by molar-refractivity contribution is 0.434. The normalized spacial score (nSPS) is 26.4. The molecular formula is C15H17N3. The summed E-state index contributed by atoms with van der Waals surface area (Å²) in [5.74, 6) is 1.06. The van der Waals surface area contributed by atoms with E-state index >= 15 is 0 Å². The van der Waals surface area contributed by atoms with Crippen LogP contribution >= 0.6 is 0 Å². The summed E-state index contributed by atoms with van der Waals surface area (Å²) in [4.78, 5) is 11.2. The van der Waals surface area contributed by atoms with Crippen molar-refractivity contribution in [2.75, 3.05) is 7.05 Å². The number of rotatable bonds is 1. The summed E-state index contributed by atoms with van der Waals surface area (Å²) in [6.45, 7) is 4.32. The zero-order valence-corrected chi connectivity index (χ0v) is 11.0. The van der Waals surface area contributed by atoms with Gasteiger partial charge < -0.3 is 4.90 Å². The van der Waals surface area contributed by atoms with Crippen molar-refractivity contribution in [3.63, 3.8) is 0 Å². The monoisotopic (exact) mass is 239 g/mol. The fourth-order valence-corrected chi connectivity index (χ4v) is 2.58. The summed E-state index contributed by atoms with van der Waals surface area (Å²) in [5.41, 5.74) is 3.83. The van der Waals surface area contributed by atoms with Gasteiger partial charge in [0.25, 0.3) is 0 Å². The van der Waals surface area contributed by atoms with Crippen LogP contribution < -0.4 is 0 Å². The van der Waals surface area contributed by atoms with E-state index < -0.39 is 0 Å². The molecule has 1 aliphatic heterocycles. The Kier molecular flexibility index (Phi) is 2.54. The maximum Gasteiger partial charge on any atom is 0.132 e. The summed E-state index contributed by atoms with van der Waals surface area (Å²) >= 11 is 0. The molecule has 2 atom stereocenters. The second kappa shape index (κ2) is 4.09. The van der Waals surface area contributed by atoms with E-state index in [-0.39, 0.29) is 6.04 Å². The number of pyridine rings is 1. The molecule has 3 rings (SSSR count). The van der Waals surface area contributed by atoms with Crippen molar-refractivity contribution in [2.24, 2.45) is 4.99 Å². The molecule has 2 unspecified atom stereocenters. The highest BCUT2D eigenvalue weighted by Gasteiger charge is 2.33. The molecule has 92 valence electrons. The van der Waals surface area contributed by atoms with Crippen LogP contribution in [-0.2, 0) is 0 Å². The first-order valence-electron chi connectivity index (χ1n) is 6.25. The van der Waals surface area contributed by atoms with E-state index in [1.165, 1.54) is 11.1 Å². The van der Waals surface area contributed by atoms with Gasteiger partial charge in [-0.3, -0.25) is 9.98 Å². The summed E-state index contributed by atoms with van der Waals surface area (Å²) in [7, 11) is 2.11. The Labute approximate surface area is 108 Å². The molecule has 1 aliphatic carbocycles. The van der Waals surface area contributed by atoms with Crippen molar-refractivity contribution < 1.29 is 0 Å². The van der Waals surface area contributed by atoms with Crippen molar-refractivity contribution in [3.05, 3.63) is 53.4 Å². The minimum absolute atomic E-state index is 0.252. The van der Waals surface area contributed by atoms with Crippen LogP contribution in [0.15, 0.2) is 52.8 Å². The number of fused-ring (bicyclic) bond motifs is 1. The SMILES string of the molecule is CC1=CC2N=C(c3ccncc3)N(C)C2C=C1C. The Bertz CT molecular complexity index is 554. The number of amidine groups is 1. The molecule has 1 aromatic heterocycles. The van der Waals surface area contributed by atoms with Crippen LogP contribution in [0.3, 0.4) is 0 Å². The largest absolute Gasteiger partial charge is 0.351 e. The molecule has 3 nitrogen and oxygen atoms in total. The van der Waals surface area contributed by atoms with Gasteiger partial charge in [0.2, 0.25) is 0 Å². The molecule has 2 heterocycles. The third-order valence-corrected chi connectivity index (χ3v) is 3.80. The minimum Gasteiger partial charge on any atom is -0.351 e. The first kappa shape index (κ1) is 11.2. The summed E-state index contributed by atoms with van der Waals surface area (Å²) in [6, 6.07) is 4.64. The van der Waals surface area contributed by atoms with Gasteiger partial charge in [0.1, 0.15) is 5.84 Å². The van der Waals surface area contributed by atoms with E-state index in [1.54, 1.807) is 0 Å². The van der Waals surface area contributed by atoms with Crippen molar-refractivity contribution in [3.8, 4) is 0 Å². The first-order valence-corrected chi connectivity index (χ1v) is 6.25. The van der Waals surface area contributed by atoms with Gasteiger partial charge in [0, 0.05) is 25.0 Å². The Morgan fingerprint density at radius 3 is 2.44 bits per heavy atom. The third-order valence-electron chi connectivity index (χ3n) is 3.80. The number of aliphatic imine (C=N–C) groups is 1. The molecule has 0 radical (unpaired) electrons. The van der Waals surface area contributed by atoms with E-state index in [2.05, 4.69) is 42.9 Å². The van der Waals surface area contributed by atoms with E-state index in [4.69, 9.17) is 4.99 Å². The van der Waals surface area contributed by atoms with Gasteiger partial charge in [-0.2, -0.15) is 0 Å². The Morgan fingerprint density at radius 2 is 1.72 bits per heavy atom. The molecule has 0 aromatic carbocycles. The van der Waals surface area contributed by atoms with Gasteiger partial charge in [-0.15, -0.1) is 0 Å². The second-order valence-electron chi connectivity index (χ2n) is 4.98. The van der Waals surface area contributed by atoms with Crippen molar-refractivity contribution in [1.29, 1.82) is 0 Å². The summed E-state index contributed by atoms with van der Waals surface area (Å²) < 4.78 is 0. The van der Waals surface area contributed by atoms with E-state index in [0.29, 0.717) is 6.04 Å².